The molecule has 0 aliphatic rings. The van der Waals surface area contributed by atoms with Crippen molar-refractivity contribution in [1.82, 2.24) is 0 Å². The first-order valence-corrected chi connectivity index (χ1v) is 4.97. The van der Waals surface area contributed by atoms with Gasteiger partial charge in [-0.15, -0.1) is 0 Å². The molecular weight excluding hydrogens is 216 g/mol. The molecule has 90 valence electrons. The van der Waals surface area contributed by atoms with E-state index in [0.29, 0.717) is 0 Å². The second kappa shape index (κ2) is 5.23. The Morgan fingerprint density at radius 1 is 1.31 bits per heavy atom. The molecule has 1 atom stereocenters. The molecule has 5 heteroatoms. The van der Waals surface area contributed by atoms with Gasteiger partial charge in [0.2, 0.25) is 0 Å². The van der Waals surface area contributed by atoms with Gasteiger partial charge in [0.1, 0.15) is 5.75 Å². The van der Waals surface area contributed by atoms with Crippen LogP contribution in [0.15, 0.2) is 12.1 Å². The topological polar surface area (TPSA) is 55.5 Å². The lowest BCUT2D eigenvalue weighted by Crippen LogP contribution is -2.18. The minimum absolute atomic E-state index is 0.162. The number of aliphatic hydroxyl groups excluding tert-OH is 1. The highest BCUT2D eigenvalue weighted by Crippen LogP contribution is 2.27. The van der Waals surface area contributed by atoms with E-state index in [4.69, 9.17) is 15.6 Å². The normalized spacial score (nSPS) is 12.9. The molecule has 0 fully saturated rings. The Morgan fingerprint density at radius 2 is 1.88 bits per heavy atom. The van der Waals surface area contributed by atoms with Crippen LogP contribution in [0.5, 0.6) is 5.75 Å². The molecule has 1 rings (SSSR count). The number of hydrogen-bond donors (Lipinski definition) is 2. The van der Waals surface area contributed by atoms with Gasteiger partial charge < -0.3 is 15.6 Å². The van der Waals surface area contributed by atoms with Gasteiger partial charge in [-0.2, -0.15) is 0 Å². The molecule has 0 heterocycles. The fourth-order valence-corrected chi connectivity index (χ4v) is 1.29. The number of hydrogen-bond acceptors (Lipinski definition) is 3. The first kappa shape index (κ1) is 12.9. The highest BCUT2D eigenvalue weighted by Gasteiger charge is 2.16. The van der Waals surface area contributed by atoms with E-state index in [1.54, 1.807) is 13.8 Å². The summed E-state index contributed by atoms with van der Waals surface area (Å²) in [5, 5.41) is 8.91. The maximum Gasteiger partial charge on any atom is 0.162 e. The van der Waals surface area contributed by atoms with E-state index in [1.165, 1.54) is 0 Å². The zero-order valence-corrected chi connectivity index (χ0v) is 9.21. The number of nitrogens with two attached hydrogens (primary N) is 1. The van der Waals surface area contributed by atoms with Crippen molar-refractivity contribution in [1.29, 1.82) is 0 Å². The predicted octanol–water partition coefficient (Wildman–Crippen LogP) is 1.74. The molecule has 0 amide bonds. The standard InChI is InChI=1S/C11H15F2NO2/c1-6(2)16-11-4-9(13)8(12)3-7(11)10(14)5-15/h3-4,6,10,15H,5,14H2,1-2H3. The van der Waals surface area contributed by atoms with Crippen LogP contribution in [-0.4, -0.2) is 17.8 Å². The van der Waals surface area contributed by atoms with Crippen molar-refractivity contribution < 1.29 is 18.6 Å². The number of benzene rings is 1. The van der Waals surface area contributed by atoms with Crippen LogP contribution in [0.4, 0.5) is 8.78 Å². The third-order valence-electron chi connectivity index (χ3n) is 2.01. The second-order valence-corrected chi connectivity index (χ2v) is 3.76. The number of rotatable bonds is 4. The average molecular weight is 231 g/mol. The summed E-state index contributed by atoms with van der Waals surface area (Å²) in [6.45, 7) is 3.16. The third-order valence-corrected chi connectivity index (χ3v) is 2.01. The molecule has 0 spiro atoms. The third kappa shape index (κ3) is 2.90. The fraction of sp³-hybridized carbons (Fsp3) is 0.455. The van der Waals surface area contributed by atoms with Gasteiger partial charge in [-0.1, -0.05) is 0 Å². The van der Waals surface area contributed by atoms with Crippen LogP contribution in [0.3, 0.4) is 0 Å². The number of ether oxygens (including phenoxy) is 1. The van der Waals surface area contributed by atoms with Crippen molar-refractivity contribution >= 4 is 0 Å². The maximum absolute atomic E-state index is 13.0. The summed E-state index contributed by atoms with van der Waals surface area (Å²) in [5.74, 6) is -1.84. The molecule has 1 unspecified atom stereocenters. The van der Waals surface area contributed by atoms with Gasteiger partial charge in [-0.3, -0.25) is 0 Å². The molecule has 16 heavy (non-hydrogen) atoms. The molecule has 0 aliphatic heterocycles. The molecule has 0 bridgehead atoms. The van der Waals surface area contributed by atoms with E-state index in [-0.39, 0.29) is 24.0 Å². The Balaban J connectivity index is 3.16. The lowest BCUT2D eigenvalue weighted by molar-refractivity contribution is 0.227. The number of aliphatic hydroxyl groups is 1. The summed E-state index contributed by atoms with van der Waals surface area (Å²) in [6, 6.07) is 1.11. The van der Waals surface area contributed by atoms with Crippen LogP contribution in [0.25, 0.3) is 0 Å². The molecular formula is C11H15F2NO2. The SMILES string of the molecule is CC(C)Oc1cc(F)c(F)cc1C(N)CO. The van der Waals surface area contributed by atoms with Crippen molar-refractivity contribution in [2.75, 3.05) is 6.61 Å². The largest absolute Gasteiger partial charge is 0.491 e. The first-order chi connectivity index (χ1) is 7.45. The van der Waals surface area contributed by atoms with E-state index in [9.17, 15) is 8.78 Å². The van der Waals surface area contributed by atoms with Crippen LogP contribution in [0.1, 0.15) is 25.5 Å². The van der Waals surface area contributed by atoms with E-state index in [0.717, 1.165) is 12.1 Å². The molecule has 1 aromatic carbocycles. The molecule has 3 nitrogen and oxygen atoms in total. The summed E-state index contributed by atoms with van der Waals surface area (Å²) in [4.78, 5) is 0. The number of halogens is 2. The Bertz CT molecular complexity index is 369. The Kier molecular flexibility index (Phi) is 4.20. The van der Waals surface area contributed by atoms with E-state index in [2.05, 4.69) is 0 Å². The lowest BCUT2D eigenvalue weighted by atomic mass is 10.1. The predicted molar refractivity (Wildman–Crippen MR) is 56.1 cm³/mol. The van der Waals surface area contributed by atoms with Crippen molar-refractivity contribution in [3.8, 4) is 5.75 Å². The van der Waals surface area contributed by atoms with E-state index < -0.39 is 17.7 Å². The van der Waals surface area contributed by atoms with Crippen LogP contribution in [0.2, 0.25) is 0 Å². The van der Waals surface area contributed by atoms with Crippen molar-refractivity contribution in [2.24, 2.45) is 5.73 Å². The van der Waals surface area contributed by atoms with E-state index >= 15 is 0 Å². The van der Waals surface area contributed by atoms with Gasteiger partial charge >= 0.3 is 0 Å². The Morgan fingerprint density at radius 3 is 2.38 bits per heavy atom. The van der Waals surface area contributed by atoms with Gasteiger partial charge in [0.15, 0.2) is 11.6 Å². The van der Waals surface area contributed by atoms with Gasteiger partial charge in [-0.25, -0.2) is 8.78 Å². The van der Waals surface area contributed by atoms with Gasteiger partial charge in [0, 0.05) is 11.6 Å². The van der Waals surface area contributed by atoms with Crippen molar-refractivity contribution in [3.63, 3.8) is 0 Å². The van der Waals surface area contributed by atoms with Gasteiger partial charge in [0.25, 0.3) is 0 Å². The minimum atomic E-state index is -1.00. The summed E-state index contributed by atoms with van der Waals surface area (Å²) in [5.41, 5.74) is 5.83. The van der Waals surface area contributed by atoms with Gasteiger partial charge in [-0.05, 0) is 19.9 Å². The monoisotopic (exact) mass is 231 g/mol. The summed E-state index contributed by atoms with van der Waals surface area (Å²) < 4.78 is 31.4. The van der Waals surface area contributed by atoms with E-state index in [1.807, 2.05) is 0 Å². The summed E-state index contributed by atoms with van der Waals surface area (Å²) in [6.07, 6.45) is -0.186. The molecule has 1 aromatic rings. The Hall–Kier alpha value is -1.20. The van der Waals surface area contributed by atoms with Crippen LogP contribution < -0.4 is 10.5 Å². The minimum Gasteiger partial charge on any atom is -0.491 e. The zero-order chi connectivity index (χ0) is 12.3. The smallest absolute Gasteiger partial charge is 0.162 e. The fourth-order valence-electron chi connectivity index (χ4n) is 1.29. The summed E-state index contributed by atoms with van der Waals surface area (Å²) >= 11 is 0. The quantitative estimate of drug-likeness (QED) is 0.830. The zero-order valence-electron chi connectivity index (χ0n) is 9.21. The second-order valence-electron chi connectivity index (χ2n) is 3.76. The average Bonchev–Trinajstić information content (AvgIpc) is 2.21. The highest BCUT2D eigenvalue weighted by molar-refractivity contribution is 5.37. The lowest BCUT2D eigenvalue weighted by Gasteiger charge is -2.17. The summed E-state index contributed by atoms with van der Waals surface area (Å²) in [7, 11) is 0. The molecule has 0 aliphatic carbocycles. The van der Waals surface area contributed by atoms with Crippen molar-refractivity contribution in [2.45, 2.75) is 26.0 Å². The molecule has 3 N–H and O–H groups in total. The Labute approximate surface area is 92.8 Å². The molecule has 0 saturated carbocycles. The molecule has 0 aromatic heterocycles. The van der Waals surface area contributed by atoms with Crippen LogP contribution in [0, 0.1) is 11.6 Å². The molecule has 0 radical (unpaired) electrons. The first-order valence-electron chi connectivity index (χ1n) is 4.97. The highest BCUT2D eigenvalue weighted by atomic mass is 19.2. The van der Waals surface area contributed by atoms with Crippen LogP contribution >= 0.6 is 0 Å². The molecule has 0 saturated heterocycles. The van der Waals surface area contributed by atoms with Crippen LogP contribution in [-0.2, 0) is 0 Å². The van der Waals surface area contributed by atoms with Gasteiger partial charge in [0.05, 0.1) is 18.8 Å². The maximum atomic E-state index is 13.0. The van der Waals surface area contributed by atoms with Crippen molar-refractivity contribution in [3.05, 3.63) is 29.3 Å².